The summed E-state index contributed by atoms with van der Waals surface area (Å²) in [6.07, 6.45) is 3.25. The van der Waals surface area contributed by atoms with Crippen molar-refractivity contribution < 1.29 is 96.4 Å². The van der Waals surface area contributed by atoms with Gasteiger partial charge in [-0.2, -0.15) is 5.10 Å². The number of nitrogens with zero attached hydrogens (tertiary/aromatic N) is 3. The van der Waals surface area contributed by atoms with E-state index in [2.05, 4.69) is 5.10 Å². The maximum absolute atomic E-state index is 13.6. The topological polar surface area (TPSA) is 197 Å². The van der Waals surface area contributed by atoms with E-state index in [1.54, 1.807) is 65.0 Å². The second kappa shape index (κ2) is 33.6. The summed E-state index contributed by atoms with van der Waals surface area (Å²) in [4.78, 5) is 72.3. The Morgan fingerprint density at radius 2 is 1.06 bits per heavy atom. The van der Waals surface area contributed by atoms with E-state index in [4.69, 9.17) is 36.7 Å². The number of fused-ring (bicyclic) bond motifs is 1. The molecule has 2 heterocycles. The van der Waals surface area contributed by atoms with Crippen molar-refractivity contribution in [2.24, 2.45) is 57.5 Å². The highest BCUT2D eigenvalue weighted by atomic mass is 35.5. The number of carboxylic acids is 1. The van der Waals surface area contributed by atoms with E-state index in [9.17, 15) is 77.1 Å². The molecule has 2 aromatic rings. The van der Waals surface area contributed by atoms with Crippen LogP contribution in [0.2, 0.25) is 5.02 Å². The van der Waals surface area contributed by atoms with Gasteiger partial charge in [-0.3, -0.25) is 33.4 Å². The average Bonchev–Trinajstić information content (AvgIpc) is 1.65. The van der Waals surface area contributed by atoms with Crippen LogP contribution in [0.1, 0.15) is 227 Å². The average molecular weight is 1360 g/mol. The van der Waals surface area contributed by atoms with E-state index in [1.807, 2.05) is 13.8 Å². The zero-order chi connectivity index (χ0) is 70.3. The number of hydrogen-bond acceptors (Lipinski definition) is 10. The molecule has 1 aromatic carbocycles. The Balaban J connectivity index is 0.000000265. The number of carbonyl (C=O) groups excluding carboxylic acids is 5. The number of aromatic nitrogens is 2. The van der Waals surface area contributed by atoms with Crippen molar-refractivity contribution in [3.63, 3.8) is 0 Å². The number of esters is 3. The number of halogens is 12. The van der Waals surface area contributed by atoms with Crippen molar-refractivity contribution in [2.45, 2.75) is 253 Å². The van der Waals surface area contributed by atoms with Gasteiger partial charge in [0.2, 0.25) is 35.5 Å². The molecule has 14 nitrogen and oxygen atoms in total. The lowest BCUT2D eigenvalue weighted by molar-refractivity contribution is -0.160. The summed E-state index contributed by atoms with van der Waals surface area (Å²) in [6, 6.07) is 4.05. The lowest BCUT2D eigenvalue weighted by Gasteiger charge is -2.40. The van der Waals surface area contributed by atoms with E-state index in [0.29, 0.717) is 120 Å². The number of rotatable bonds is 16. The Hall–Kier alpha value is -5.23. The number of primary amides is 1. The third kappa shape index (κ3) is 24.1. The number of hydrogen-bond donors (Lipinski definition) is 2. The van der Waals surface area contributed by atoms with Gasteiger partial charge in [0.05, 0.1) is 65.9 Å². The molecule has 8 rings (SSSR count). The Kier molecular flexibility index (Phi) is 29.0. The van der Waals surface area contributed by atoms with E-state index in [-0.39, 0.29) is 147 Å². The van der Waals surface area contributed by atoms with Crippen LogP contribution in [-0.2, 0) is 51.3 Å². The number of carboxylic acid groups (broad SMARTS) is 1. The lowest BCUT2D eigenvalue weighted by Crippen LogP contribution is -2.42. The van der Waals surface area contributed by atoms with Crippen molar-refractivity contribution in [2.75, 3.05) is 26.4 Å². The first-order valence-electron chi connectivity index (χ1n) is 32.7. The largest absolute Gasteiger partial charge is 0.481 e. The van der Waals surface area contributed by atoms with Crippen LogP contribution in [0.4, 0.5) is 48.3 Å². The van der Waals surface area contributed by atoms with Gasteiger partial charge in [-0.05, 0) is 166 Å². The van der Waals surface area contributed by atoms with Crippen LogP contribution in [0.25, 0.3) is 11.3 Å². The summed E-state index contributed by atoms with van der Waals surface area (Å²) in [5, 5.41) is 13.3. The molecule has 2 amide bonds. The van der Waals surface area contributed by atoms with Crippen molar-refractivity contribution in [3.8, 4) is 11.3 Å². The molecule has 26 heteroatoms. The fraction of sp³-hybridized carbons (Fsp3) is 0.776. The van der Waals surface area contributed by atoms with Gasteiger partial charge in [-0.1, -0.05) is 32.4 Å². The second-order valence-corrected chi connectivity index (χ2v) is 28.2. The summed E-state index contributed by atoms with van der Waals surface area (Å²) >= 11 is 5.91. The van der Waals surface area contributed by atoms with Crippen molar-refractivity contribution in [3.05, 3.63) is 40.3 Å². The molecule has 0 spiro atoms. The molecule has 0 radical (unpaired) electrons. The number of amides is 2. The summed E-state index contributed by atoms with van der Waals surface area (Å²) in [6.45, 7) is 19.7. The maximum atomic E-state index is 13.6. The number of ether oxygens (including phenoxy) is 3. The van der Waals surface area contributed by atoms with Gasteiger partial charge in [0.25, 0.3) is 5.91 Å². The molecule has 0 bridgehead atoms. The Bertz CT molecular complexity index is 2780. The first-order valence-corrected chi connectivity index (χ1v) is 33.0. The summed E-state index contributed by atoms with van der Waals surface area (Å²) in [5.41, 5.74) is 5.15. The van der Waals surface area contributed by atoms with Crippen LogP contribution in [-0.4, -0.2) is 111 Å². The van der Waals surface area contributed by atoms with Gasteiger partial charge in [-0.25, -0.2) is 48.3 Å². The van der Waals surface area contributed by atoms with Gasteiger partial charge in [-0.15, -0.1) is 0 Å². The van der Waals surface area contributed by atoms with Crippen molar-refractivity contribution in [1.82, 2.24) is 14.7 Å². The molecule has 6 aliphatic rings. The van der Waals surface area contributed by atoms with Gasteiger partial charge in [0, 0.05) is 89.2 Å². The lowest BCUT2D eigenvalue weighted by atomic mass is 9.68. The summed E-state index contributed by atoms with van der Waals surface area (Å²) < 4.78 is 160. The molecule has 5 fully saturated rings. The van der Waals surface area contributed by atoms with Crippen LogP contribution < -0.4 is 5.73 Å². The molecule has 93 heavy (non-hydrogen) atoms. The van der Waals surface area contributed by atoms with Crippen LogP contribution in [0.3, 0.4) is 0 Å². The predicted molar refractivity (Wildman–Crippen MR) is 328 cm³/mol. The van der Waals surface area contributed by atoms with Gasteiger partial charge >= 0.3 is 23.9 Å². The molecule has 1 aliphatic heterocycles. The molecule has 0 saturated heterocycles. The van der Waals surface area contributed by atoms with E-state index in [0.717, 1.165) is 0 Å². The first-order chi connectivity index (χ1) is 42.9. The van der Waals surface area contributed by atoms with Crippen molar-refractivity contribution in [1.29, 1.82) is 0 Å². The minimum Gasteiger partial charge on any atom is -0.481 e. The third-order valence-corrected chi connectivity index (χ3v) is 20.0. The molecule has 1 unspecified atom stereocenters. The molecule has 1 atom stereocenters. The number of benzene rings is 1. The zero-order valence-corrected chi connectivity index (χ0v) is 56.3. The SMILES string of the molecule is CC(C)(C(=O)O)C1CCC(F)(F)CC1.CC(C)(CC(=O)N1CCn2nc(-c3ccc(F)c(Cl)c3)c(C(N)=O)c2C1)C1CCC(F)(F)CC1.CCOC(=O)C(C)(C)C1CCC(F)(F)CC1.CCOC(=O)C(C)C1CCC(F)(F)CC1.CCOC(=O)CC1CCC(F)(F)CC1. The first kappa shape index (κ1) is 80.2. The minimum atomic E-state index is -2.61. The second-order valence-electron chi connectivity index (χ2n) is 27.8. The molecule has 3 N–H and O–H groups in total. The Morgan fingerprint density at radius 1 is 0.634 bits per heavy atom. The van der Waals surface area contributed by atoms with Crippen LogP contribution in [0.5, 0.6) is 0 Å². The van der Waals surface area contributed by atoms with Gasteiger partial charge in [0.1, 0.15) is 11.5 Å². The van der Waals surface area contributed by atoms with Gasteiger partial charge in [0.15, 0.2) is 0 Å². The highest BCUT2D eigenvalue weighted by Crippen LogP contribution is 2.48. The number of aliphatic carboxylic acids is 1. The Labute approximate surface area is 545 Å². The monoisotopic (exact) mass is 1360 g/mol. The fourth-order valence-electron chi connectivity index (χ4n) is 13.1. The van der Waals surface area contributed by atoms with Crippen molar-refractivity contribution >= 4 is 47.3 Å². The Morgan fingerprint density at radius 3 is 1.49 bits per heavy atom. The number of carbonyl (C=O) groups is 6. The summed E-state index contributed by atoms with van der Waals surface area (Å²) in [5.74, 6) is -16.0. The zero-order valence-electron chi connectivity index (χ0n) is 55.6. The quantitative estimate of drug-likeness (QED) is 0.0921. The maximum Gasteiger partial charge on any atom is 0.311 e. The molecular weight excluding hydrogens is 1270 g/mol. The number of nitrogens with two attached hydrogens (primary N) is 1. The molecule has 1 aromatic heterocycles. The van der Waals surface area contributed by atoms with Crippen LogP contribution >= 0.6 is 11.6 Å². The normalized spacial score (nSPS) is 21.2. The van der Waals surface area contributed by atoms with Crippen LogP contribution in [0, 0.1) is 57.6 Å². The van der Waals surface area contributed by atoms with E-state index in [1.165, 1.54) is 18.2 Å². The van der Waals surface area contributed by atoms with E-state index < -0.39 is 63.6 Å². The predicted octanol–water partition coefficient (Wildman–Crippen LogP) is 17.1. The standard InChI is InChI=1S/C24H28ClF3N4O2.C12H20F2O2.C11H18F2O2.2C10H16F2O2/c1-23(2,15-5-7-24(27,28)8-6-15)12-19(33)31-9-10-32-18(13-31)20(22(29)34)21(30-32)14-3-4-17(26)16(25)11-14;1-4-16-10(15)11(2,3)9-5-7-12(13,14)8-6-9;1-3-15-10(14)8(2)9-4-6-11(12,13)7-5-9;1-9(2,8(13)14)7-3-5-10(11,12)6-4-7;1-2-14-9(13)7-8-3-5-10(11,12)6-4-8/h3-4,11,15H,5-10,12-13H2,1-2H3,(H2,29,34);9H,4-8H2,1-3H3;8-9H,3-7H2,1-2H3;7H,3-6H2,1-2H3,(H,13,14);8H,2-7H2,1H3. The third-order valence-electron chi connectivity index (χ3n) is 19.8. The van der Waals surface area contributed by atoms with Gasteiger partial charge < -0.3 is 30.0 Å². The van der Waals surface area contributed by atoms with E-state index >= 15 is 0 Å². The summed E-state index contributed by atoms with van der Waals surface area (Å²) in [7, 11) is 0. The minimum absolute atomic E-state index is 0.00572. The number of alkyl halides is 10. The highest BCUT2D eigenvalue weighted by molar-refractivity contribution is 6.31. The fourth-order valence-corrected chi connectivity index (χ4v) is 13.3. The van der Waals surface area contributed by atoms with Crippen LogP contribution in [0.15, 0.2) is 18.2 Å². The smallest absolute Gasteiger partial charge is 0.311 e. The highest BCUT2D eigenvalue weighted by Gasteiger charge is 2.47. The molecule has 530 valence electrons. The molecule has 5 saturated carbocycles. The molecule has 5 aliphatic carbocycles. The molecular formula is C67H98ClF11N4O10.